The average Bonchev–Trinajstić information content (AvgIpc) is 1.82. The second kappa shape index (κ2) is 3.87. The molecule has 0 aromatic rings. The van der Waals surface area contributed by atoms with E-state index < -0.39 is 5.97 Å². The largest absolute Gasteiger partial charge is 0.481 e. The molecule has 0 aromatic heterocycles. The van der Waals surface area contributed by atoms with Gasteiger partial charge in [0.2, 0.25) is 0 Å². The van der Waals surface area contributed by atoms with Gasteiger partial charge in [0, 0.05) is 12.1 Å². The monoisotopic (exact) mass is 173 g/mol. The van der Waals surface area contributed by atoms with Crippen LogP contribution in [0.15, 0.2) is 0 Å². The van der Waals surface area contributed by atoms with Crippen molar-refractivity contribution >= 4 is 5.97 Å². The molecule has 0 aromatic carbocycles. The molecule has 1 atom stereocenters. The Balaban J connectivity index is 2.10. The van der Waals surface area contributed by atoms with Gasteiger partial charge in [-0.15, -0.1) is 0 Å². The Bertz CT molecular complexity index is 166. The summed E-state index contributed by atoms with van der Waals surface area (Å²) in [5.74, 6) is -0.783. The molecule has 1 aliphatic rings. The van der Waals surface area contributed by atoms with Crippen LogP contribution in [-0.4, -0.2) is 34.4 Å². The Morgan fingerprint density at radius 3 is 2.67 bits per heavy atom. The third-order valence-electron chi connectivity index (χ3n) is 2.11. The molecule has 0 saturated heterocycles. The molecule has 0 bridgehead atoms. The van der Waals surface area contributed by atoms with Crippen LogP contribution >= 0.6 is 0 Å². The fraction of sp³-hybridized carbons (Fsp3) is 0.875. The first-order chi connectivity index (χ1) is 5.58. The molecule has 0 amide bonds. The van der Waals surface area contributed by atoms with E-state index in [1.54, 1.807) is 0 Å². The topological polar surface area (TPSA) is 69.6 Å². The molecular formula is C8H15NO3. The number of carboxylic acids is 1. The van der Waals surface area contributed by atoms with Crippen molar-refractivity contribution in [2.24, 2.45) is 0 Å². The SMILES string of the molecule is CC(CC(=O)O)NC1CC(O)C1. The van der Waals surface area contributed by atoms with Crippen molar-refractivity contribution in [1.82, 2.24) is 5.32 Å². The van der Waals surface area contributed by atoms with E-state index in [0.717, 1.165) is 12.8 Å². The van der Waals surface area contributed by atoms with Gasteiger partial charge in [0.1, 0.15) is 0 Å². The molecule has 0 heterocycles. The van der Waals surface area contributed by atoms with Crippen molar-refractivity contribution in [3.8, 4) is 0 Å². The normalized spacial score (nSPS) is 30.8. The zero-order valence-electron chi connectivity index (χ0n) is 7.16. The van der Waals surface area contributed by atoms with Gasteiger partial charge in [-0.25, -0.2) is 0 Å². The number of nitrogens with one attached hydrogen (secondary N) is 1. The van der Waals surface area contributed by atoms with Crippen molar-refractivity contribution in [1.29, 1.82) is 0 Å². The smallest absolute Gasteiger partial charge is 0.304 e. The summed E-state index contributed by atoms with van der Waals surface area (Å²) in [7, 11) is 0. The number of rotatable bonds is 4. The first-order valence-corrected chi connectivity index (χ1v) is 4.24. The maximum absolute atomic E-state index is 10.3. The van der Waals surface area contributed by atoms with E-state index in [2.05, 4.69) is 5.32 Å². The summed E-state index contributed by atoms with van der Waals surface area (Å²) in [4.78, 5) is 10.3. The van der Waals surface area contributed by atoms with Crippen molar-refractivity contribution in [2.75, 3.05) is 0 Å². The van der Waals surface area contributed by atoms with Crippen molar-refractivity contribution < 1.29 is 15.0 Å². The highest BCUT2D eigenvalue weighted by molar-refractivity contribution is 5.67. The number of aliphatic hydroxyl groups excluding tert-OH is 1. The standard InChI is InChI=1S/C8H15NO3/c1-5(2-8(11)12)9-6-3-7(10)4-6/h5-7,9-10H,2-4H2,1H3,(H,11,12). The summed E-state index contributed by atoms with van der Waals surface area (Å²) in [5, 5.41) is 20.5. The highest BCUT2D eigenvalue weighted by Crippen LogP contribution is 2.19. The number of carboxylic acid groups (broad SMARTS) is 1. The second-order valence-corrected chi connectivity index (χ2v) is 3.49. The van der Waals surface area contributed by atoms with E-state index in [0.29, 0.717) is 6.04 Å². The third kappa shape index (κ3) is 2.79. The van der Waals surface area contributed by atoms with Gasteiger partial charge in [-0.3, -0.25) is 4.79 Å². The van der Waals surface area contributed by atoms with Gasteiger partial charge in [0.25, 0.3) is 0 Å². The predicted octanol–water partition coefficient (Wildman–Crippen LogP) is -0.0375. The second-order valence-electron chi connectivity index (χ2n) is 3.49. The van der Waals surface area contributed by atoms with Crippen LogP contribution in [0.2, 0.25) is 0 Å². The Morgan fingerprint density at radius 1 is 1.67 bits per heavy atom. The number of aliphatic carboxylic acids is 1. The van der Waals surface area contributed by atoms with E-state index >= 15 is 0 Å². The molecule has 1 unspecified atom stereocenters. The van der Waals surface area contributed by atoms with E-state index in [9.17, 15) is 4.79 Å². The molecule has 1 rings (SSSR count). The quantitative estimate of drug-likeness (QED) is 0.558. The first kappa shape index (κ1) is 9.48. The number of carbonyl (C=O) groups is 1. The molecule has 0 spiro atoms. The van der Waals surface area contributed by atoms with Crippen LogP contribution < -0.4 is 5.32 Å². The maximum Gasteiger partial charge on any atom is 0.304 e. The highest BCUT2D eigenvalue weighted by Gasteiger charge is 2.28. The molecule has 70 valence electrons. The lowest BCUT2D eigenvalue weighted by molar-refractivity contribution is -0.137. The average molecular weight is 173 g/mol. The highest BCUT2D eigenvalue weighted by atomic mass is 16.4. The summed E-state index contributed by atoms with van der Waals surface area (Å²) >= 11 is 0. The van der Waals surface area contributed by atoms with Crippen LogP contribution in [0.25, 0.3) is 0 Å². The van der Waals surface area contributed by atoms with Crippen molar-refractivity contribution in [3.63, 3.8) is 0 Å². The van der Waals surface area contributed by atoms with E-state index in [-0.39, 0.29) is 18.6 Å². The Kier molecular flexibility index (Phi) is 3.05. The molecule has 3 N–H and O–H groups in total. The maximum atomic E-state index is 10.3. The first-order valence-electron chi connectivity index (χ1n) is 4.24. The third-order valence-corrected chi connectivity index (χ3v) is 2.11. The van der Waals surface area contributed by atoms with Crippen LogP contribution in [0.3, 0.4) is 0 Å². The van der Waals surface area contributed by atoms with Gasteiger partial charge < -0.3 is 15.5 Å². The summed E-state index contributed by atoms with van der Waals surface area (Å²) in [6.45, 7) is 1.85. The van der Waals surface area contributed by atoms with Crippen molar-refractivity contribution in [2.45, 2.75) is 44.4 Å². The minimum absolute atomic E-state index is 0.000000000000000444. The molecule has 1 fully saturated rings. The number of hydrogen-bond acceptors (Lipinski definition) is 3. The Morgan fingerprint density at radius 2 is 2.25 bits per heavy atom. The summed E-state index contributed by atoms with van der Waals surface area (Å²) in [6.07, 6.45) is 1.47. The van der Waals surface area contributed by atoms with E-state index in [4.69, 9.17) is 10.2 Å². The molecular weight excluding hydrogens is 158 g/mol. The van der Waals surface area contributed by atoms with Crippen LogP contribution in [0.5, 0.6) is 0 Å². The van der Waals surface area contributed by atoms with Gasteiger partial charge in [-0.2, -0.15) is 0 Å². The molecule has 4 nitrogen and oxygen atoms in total. The van der Waals surface area contributed by atoms with Gasteiger partial charge >= 0.3 is 5.97 Å². The Labute approximate surface area is 71.6 Å². The van der Waals surface area contributed by atoms with E-state index in [1.807, 2.05) is 6.92 Å². The summed E-state index contributed by atoms with van der Waals surface area (Å²) in [5.41, 5.74) is 0. The lowest BCUT2D eigenvalue weighted by Crippen LogP contribution is -2.48. The van der Waals surface area contributed by atoms with Crippen LogP contribution in [-0.2, 0) is 4.79 Å². The van der Waals surface area contributed by atoms with Gasteiger partial charge in [-0.1, -0.05) is 0 Å². The van der Waals surface area contributed by atoms with Crippen molar-refractivity contribution in [3.05, 3.63) is 0 Å². The van der Waals surface area contributed by atoms with Crippen LogP contribution in [0.1, 0.15) is 26.2 Å². The van der Waals surface area contributed by atoms with E-state index in [1.165, 1.54) is 0 Å². The zero-order chi connectivity index (χ0) is 9.14. The zero-order valence-corrected chi connectivity index (χ0v) is 7.16. The molecule has 1 saturated carbocycles. The molecule has 1 aliphatic carbocycles. The molecule has 4 heteroatoms. The molecule has 12 heavy (non-hydrogen) atoms. The minimum atomic E-state index is -0.783. The van der Waals surface area contributed by atoms with Crippen LogP contribution in [0, 0.1) is 0 Å². The van der Waals surface area contributed by atoms with Gasteiger partial charge in [0.15, 0.2) is 0 Å². The number of hydrogen-bond donors (Lipinski definition) is 3. The van der Waals surface area contributed by atoms with Gasteiger partial charge in [0.05, 0.1) is 12.5 Å². The molecule has 0 radical (unpaired) electrons. The fourth-order valence-electron chi connectivity index (χ4n) is 1.45. The molecule has 0 aliphatic heterocycles. The predicted molar refractivity (Wildman–Crippen MR) is 43.9 cm³/mol. The Hall–Kier alpha value is -0.610. The summed E-state index contributed by atoms with van der Waals surface area (Å²) in [6, 6.07) is 0.314. The number of aliphatic hydroxyl groups is 1. The minimum Gasteiger partial charge on any atom is -0.481 e. The lowest BCUT2D eigenvalue weighted by atomic mass is 9.89. The fourth-order valence-corrected chi connectivity index (χ4v) is 1.45. The lowest BCUT2D eigenvalue weighted by Gasteiger charge is -2.34. The van der Waals surface area contributed by atoms with Gasteiger partial charge in [-0.05, 0) is 19.8 Å². The summed E-state index contributed by atoms with van der Waals surface area (Å²) < 4.78 is 0. The van der Waals surface area contributed by atoms with Crippen LogP contribution in [0.4, 0.5) is 0 Å².